The standard InChI is InChI=1S/C26H29N3O4S/c1-25(2)18-13-14-26(25,21(30)15-18)16-34(32,33)28-23-24(31)29(3)20-12-8-7-11-19(20)22(27-23)17-9-5-4-6-10-17/h4-12,18,23,28H,13-16H2,1-3H3/t18-,23?,26+/m1/s1. The number of carbonyl (C=O) groups excluding carboxylic acids is 2. The van der Waals surface area contributed by atoms with Crippen LogP contribution in [0.15, 0.2) is 59.6 Å². The number of rotatable bonds is 5. The summed E-state index contributed by atoms with van der Waals surface area (Å²) in [5.41, 5.74) is 1.41. The molecule has 2 bridgehead atoms. The second-order valence-electron chi connectivity index (χ2n) is 10.2. The van der Waals surface area contributed by atoms with Gasteiger partial charge >= 0.3 is 0 Å². The fraction of sp³-hybridized carbons (Fsp3) is 0.423. The number of ketones is 1. The lowest BCUT2D eigenvalue weighted by Crippen LogP contribution is -2.51. The molecule has 2 aromatic rings. The molecule has 34 heavy (non-hydrogen) atoms. The molecule has 3 atom stereocenters. The van der Waals surface area contributed by atoms with Gasteiger partial charge in [0.2, 0.25) is 10.0 Å². The summed E-state index contributed by atoms with van der Waals surface area (Å²) in [7, 11) is -2.38. The molecule has 1 amide bonds. The lowest BCUT2D eigenvalue weighted by molar-refractivity contribution is -0.128. The van der Waals surface area contributed by atoms with Crippen LogP contribution in [0.4, 0.5) is 5.69 Å². The molecular formula is C26H29N3O4S. The van der Waals surface area contributed by atoms with Crippen molar-refractivity contribution >= 4 is 33.1 Å². The van der Waals surface area contributed by atoms with Gasteiger partial charge in [-0.25, -0.2) is 8.42 Å². The number of Topliss-reactive ketones (excluding diaryl/α,β-unsaturated/α-hetero) is 1. The van der Waals surface area contributed by atoms with E-state index >= 15 is 0 Å². The van der Waals surface area contributed by atoms with Crippen molar-refractivity contribution in [2.24, 2.45) is 21.7 Å². The van der Waals surface area contributed by atoms with Crippen LogP contribution < -0.4 is 9.62 Å². The number of nitrogens with one attached hydrogen (secondary N) is 1. The number of hydrogen-bond donors (Lipinski definition) is 1. The summed E-state index contributed by atoms with van der Waals surface area (Å²) in [6, 6.07) is 16.8. The van der Waals surface area contributed by atoms with Gasteiger partial charge in [0.1, 0.15) is 5.78 Å². The van der Waals surface area contributed by atoms with E-state index in [0.717, 1.165) is 17.5 Å². The Morgan fingerprint density at radius 2 is 1.74 bits per heavy atom. The molecule has 1 unspecified atom stereocenters. The first-order valence-corrected chi connectivity index (χ1v) is 13.2. The number of carbonyl (C=O) groups is 2. The average molecular weight is 480 g/mol. The first-order valence-electron chi connectivity index (χ1n) is 11.6. The molecule has 1 aliphatic heterocycles. The Kier molecular flexibility index (Phi) is 5.29. The number of nitrogens with zero attached hydrogens (tertiary/aromatic N) is 2. The van der Waals surface area contributed by atoms with Crippen LogP contribution in [0, 0.1) is 16.7 Å². The molecule has 178 valence electrons. The van der Waals surface area contributed by atoms with Gasteiger partial charge in [-0.2, -0.15) is 4.72 Å². The molecule has 2 aliphatic carbocycles. The summed E-state index contributed by atoms with van der Waals surface area (Å²) in [5, 5.41) is 0. The van der Waals surface area contributed by atoms with E-state index in [0.29, 0.717) is 24.2 Å². The molecule has 0 radical (unpaired) electrons. The fourth-order valence-corrected chi connectivity index (χ4v) is 7.97. The van der Waals surface area contributed by atoms with Crippen molar-refractivity contribution in [2.75, 3.05) is 17.7 Å². The predicted octanol–water partition coefficient (Wildman–Crippen LogP) is 3.14. The molecule has 1 heterocycles. The summed E-state index contributed by atoms with van der Waals surface area (Å²) < 4.78 is 29.4. The predicted molar refractivity (Wildman–Crippen MR) is 131 cm³/mol. The molecule has 1 N–H and O–H groups in total. The number of sulfonamides is 1. The highest BCUT2D eigenvalue weighted by molar-refractivity contribution is 7.89. The minimum Gasteiger partial charge on any atom is -0.312 e. The summed E-state index contributed by atoms with van der Waals surface area (Å²) in [6.45, 7) is 4.00. The number of aliphatic imine (C=N–C) groups is 1. The van der Waals surface area contributed by atoms with Crippen LogP contribution in [0.3, 0.4) is 0 Å². The molecule has 2 saturated carbocycles. The van der Waals surface area contributed by atoms with Gasteiger partial charge in [0, 0.05) is 30.0 Å². The van der Waals surface area contributed by atoms with Crippen LogP contribution in [0.1, 0.15) is 44.2 Å². The highest BCUT2D eigenvalue weighted by atomic mass is 32.2. The summed E-state index contributed by atoms with van der Waals surface area (Å²) in [5.74, 6) is -0.568. The van der Waals surface area contributed by atoms with Crippen molar-refractivity contribution in [3.05, 3.63) is 65.7 Å². The maximum atomic E-state index is 13.4. The number of likely N-dealkylation sites (N-methyl/N-ethyl adjacent to an activating group) is 1. The van der Waals surface area contributed by atoms with Crippen molar-refractivity contribution in [2.45, 2.75) is 39.3 Å². The molecule has 0 spiro atoms. The highest BCUT2D eigenvalue weighted by Crippen LogP contribution is 2.64. The van der Waals surface area contributed by atoms with Crippen molar-refractivity contribution in [1.29, 1.82) is 0 Å². The first kappa shape index (κ1) is 22.9. The van der Waals surface area contributed by atoms with Crippen LogP contribution >= 0.6 is 0 Å². The van der Waals surface area contributed by atoms with Gasteiger partial charge < -0.3 is 4.90 Å². The Morgan fingerprint density at radius 3 is 2.38 bits per heavy atom. The summed E-state index contributed by atoms with van der Waals surface area (Å²) in [6.07, 6.45) is 0.516. The van der Waals surface area contributed by atoms with Gasteiger partial charge in [0.25, 0.3) is 5.91 Å². The zero-order valence-corrected chi connectivity index (χ0v) is 20.4. The quantitative estimate of drug-likeness (QED) is 0.713. The van der Waals surface area contributed by atoms with E-state index in [9.17, 15) is 18.0 Å². The molecule has 5 rings (SSSR count). The number of amides is 1. The van der Waals surface area contributed by atoms with Crippen molar-refractivity contribution in [1.82, 2.24) is 4.72 Å². The Morgan fingerprint density at radius 1 is 1.06 bits per heavy atom. The van der Waals surface area contributed by atoms with Crippen LogP contribution in [-0.4, -0.2) is 44.8 Å². The third-order valence-corrected chi connectivity index (χ3v) is 9.71. The topological polar surface area (TPSA) is 95.9 Å². The average Bonchev–Trinajstić information content (AvgIpc) is 3.10. The molecule has 0 aromatic heterocycles. The second kappa shape index (κ2) is 7.85. The number of para-hydroxylation sites is 1. The van der Waals surface area contributed by atoms with Gasteiger partial charge in [-0.05, 0) is 30.2 Å². The minimum absolute atomic E-state index is 0.0179. The van der Waals surface area contributed by atoms with Crippen molar-refractivity contribution in [3.63, 3.8) is 0 Å². The molecular weight excluding hydrogens is 450 g/mol. The van der Waals surface area contributed by atoms with E-state index in [1.54, 1.807) is 7.05 Å². The second-order valence-corrected chi connectivity index (χ2v) is 12.0. The SMILES string of the molecule is CN1C(=O)C(NS(=O)(=O)C[C@@]23CC[C@H](CC2=O)C3(C)C)N=C(c2ccccc2)c2ccccc21. The molecule has 3 aliphatic rings. The van der Waals surface area contributed by atoms with E-state index in [2.05, 4.69) is 9.71 Å². The maximum Gasteiger partial charge on any atom is 0.267 e. The smallest absolute Gasteiger partial charge is 0.267 e. The van der Waals surface area contributed by atoms with Crippen LogP contribution in [0.25, 0.3) is 0 Å². The van der Waals surface area contributed by atoms with Crippen LogP contribution in [0.5, 0.6) is 0 Å². The van der Waals surface area contributed by atoms with Gasteiger partial charge in [0.05, 0.1) is 17.2 Å². The van der Waals surface area contributed by atoms with Gasteiger partial charge in [-0.1, -0.05) is 62.4 Å². The molecule has 2 fully saturated rings. The minimum atomic E-state index is -4.00. The number of benzodiazepines with no additional fused rings is 1. The third-order valence-electron chi connectivity index (χ3n) is 8.26. The maximum absolute atomic E-state index is 13.4. The van der Waals surface area contributed by atoms with Gasteiger partial charge in [0.15, 0.2) is 6.17 Å². The number of hydrogen-bond acceptors (Lipinski definition) is 5. The number of fused-ring (bicyclic) bond motifs is 3. The Balaban J connectivity index is 1.53. The van der Waals surface area contributed by atoms with Crippen LogP contribution in [-0.2, 0) is 19.6 Å². The van der Waals surface area contributed by atoms with Gasteiger partial charge in [-0.3, -0.25) is 14.6 Å². The van der Waals surface area contributed by atoms with E-state index in [1.165, 1.54) is 4.90 Å². The fourth-order valence-electron chi connectivity index (χ4n) is 6.07. The Bertz CT molecular complexity index is 1300. The number of anilines is 1. The lowest BCUT2D eigenvalue weighted by Gasteiger charge is -2.36. The van der Waals surface area contributed by atoms with E-state index in [1.807, 2.05) is 68.4 Å². The monoisotopic (exact) mass is 479 g/mol. The first-order chi connectivity index (χ1) is 16.1. The number of benzene rings is 2. The lowest BCUT2D eigenvalue weighted by atomic mass is 9.70. The molecule has 8 heteroatoms. The molecule has 2 aromatic carbocycles. The van der Waals surface area contributed by atoms with E-state index in [-0.39, 0.29) is 17.5 Å². The third kappa shape index (κ3) is 3.43. The molecule has 0 saturated heterocycles. The normalized spacial score (nSPS) is 28.0. The Labute approximate surface area is 200 Å². The summed E-state index contributed by atoms with van der Waals surface area (Å²) in [4.78, 5) is 32.4. The zero-order valence-electron chi connectivity index (χ0n) is 19.6. The van der Waals surface area contributed by atoms with E-state index < -0.39 is 32.9 Å². The molecule has 7 nitrogen and oxygen atoms in total. The van der Waals surface area contributed by atoms with Crippen LogP contribution in [0.2, 0.25) is 0 Å². The van der Waals surface area contributed by atoms with E-state index in [4.69, 9.17) is 0 Å². The van der Waals surface area contributed by atoms with Crippen molar-refractivity contribution in [3.8, 4) is 0 Å². The zero-order chi connectivity index (χ0) is 24.3. The highest BCUT2D eigenvalue weighted by Gasteiger charge is 2.65. The Hall–Kier alpha value is -2.84. The summed E-state index contributed by atoms with van der Waals surface area (Å²) >= 11 is 0. The largest absolute Gasteiger partial charge is 0.312 e. The van der Waals surface area contributed by atoms with Crippen molar-refractivity contribution < 1.29 is 18.0 Å². The van der Waals surface area contributed by atoms with Gasteiger partial charge in [-0.15, -0.1) is 0 Å².